The van der Waals surface area contributed by atoms with Crippen LogP contribution in [0.5, 0.6) is 11.5 Å². The number of aromatic nitrogens is 1. The van der Waals surface area contributed by atoms with Crippen molar-refractivity contribution in [1.29, 1.82) is 0 Å². The number of fused-ring (bicyclic) bond motifs is 1. The Morgan fingerprint density at radius 1 is 1.14 bits per heavy atom. The smallest absolute Gasteiger partial charge is 0.319 e. The van der Waals surface area contributed by atoms with Gasteiger partial charge < -0.3 is 29.4 Å². The molecule has 0 spiro atoms. The summed E-state index contributed by atoms with van der Waals surface area (Å²) in [5.41, 5.74) is 2.92. The first-order chi connectivity index (χ1) is 17.0. The molecule has 2 aromatic carbocycles. The number of likely N-dealkylation sites (tertiary alicyclic amines) is 1. The molecular weight excluding hydrogens is 444 g/mol. The first-order valence-electron chi connectivity index (χ1n) is 12.0. The predicted molar refractivity (Wildman–Crippen MR) is 134 cm³/mol. The fourth-order valence-electron chi connectivity index (χ4n) is 5.86. The summed E-state index contributed by atoms with van der Waals surface area (Å²) in [6, 6.07) is 14.1. The van der Waals surface area contributed by atoms with Crippen LogP contribution in [0.4, 0.5) is 10.5 Å². The summed E-state index contributed by atoms with van der Waals surface area (Å²) in [4.78, 5) is 19.2. The Morgan fingerprint density at radius 3 is 2.77 bits per heavy atom. The molecule has 2 aliphatic rings. The van der Waals surface area contributed by atoms with Gasteiger partial charge >= 0.3 is 6.03 Å². The zero-order valence-electron chi connectivity index (χ0n) is 20.4. The second-order valence-electron chi connectivity index (χ2n) is 9.49. The molecule has 2 heterocycles. The third kappa shape index (κ3) is 4.46. The topological polar surface area (TPSA) is 88.9 Å². The molecular formula is C27H32N4O4. The van der Waals surface area contributed by atoms with Crippen LogP contribution >= 0.6 is 0 Å². The fraction of sp³-hybridized carbons (Fsp3) is 0.407. The second kappa shape index (κ2) is 9.62. The maximum Gasteiger partial charge on any atom is 0.319 e. The number of nitrogens with one attached hydrogen (secondary N) is 2. The van der Waals surface area contributed by atoms with Gasteiger partial charge in [-0.05, 0) is 69.1 Å². The maximum absolute atomic E-state index is 12.9. The maximum atomic E-state index is 12.9. The molecule has 1 saturated heterocycles. The van der Waals surface area contributed by atoms with Crippen molar-refractivity contribution in [2.24, 2.45) is 0 Å². The number of methoxy groups -OCH3 is 2. The molecule has 0 radical (unpaired) electrons. The minimum atomic E-state index is -0.191. The van der Waals surface area contributed by atoms with Crippen molar-refractivity contribution in [3.63, 3.8) is 0 Å². The average molecular weight is 477 g/mol. The Morgan fingerprint density at radius 2 is 2.00 bits per heavy atom. The molecule has 35 heavy (non-hydrogen) atoms. The number of hydrogen-bond acceptors (Lipinski definition) is 6. The monoisotopic (exact) mass is 476 g/mol. The lowest BCUT2D eigenvalue weighted by molar-refractivity contribution is 0.156. The van der Waals surface area contributed by atoms with Crippen LogP contribution in [-0.2, 0) is 5.41 Å². The minimum Gasteiger partial charge on any atom is -0.493 e. The van der Waals surface area contributed by atoms with Crippen LogP contribution in [0.3, 0.4) is 0 Å². The molecule has 2 fully saturated rings. The van der Waals surface area contributed by atoms with E-state index in [4.69, 9.17) is 13.9 Å². The van der Waals surface area contributed by atoms with Gasteiger partial charge in [-0.2, -0.15) is 0 Å². The molecule has 8 heteroatoms. The Balaban J connectivity index is 1.27. The van der Waals surface area contributed by atoms with Crippen molar-refractivity contribution >= 4 is 11.7 Å². The highest BCUT2D eigenvalue weighted by Gasteiger charge is 2.50. The third-order valence-electron chi connectivity index (χ3n) is 7.66. The van der Waals surface area contributed by atoms with Crippen LogP contribution in [0.1, 0.15) is 31.2 Å². The molecule has 1 saturated carbocycles. The summed E-state index contributed by atoms with van der Waals surface area (Å²) in [6.45, 7) is 1.03. The van der Waals surface area contributed by atoms with Crippen molar-refractivity contribution in [2.45, 2.75) is 43.2 Å². The minimum absolute atomic E-state index is 0.0500. The van der Waals surface area contributed by atoms with E-state index in [0.29, 0.717) is 17.5 Å². The second-order valence-corrected chi connectivity index (χ2v) is 9.49. The molecule has 1 aromatic heterocycles. The number of hydrogen-bond donors (Lipinski definition) is 2. The number of amides is 2. The Labute approximate surface area is 205 Å². The summed E-state index contributed by atoms with van der Waals surface area (Å²) in [7, 11) is 5.52. The Hall–Kier alpha value is -3.52. The van der Waals surface area contributed by atoms with E-state index in [9.17, 15) is 4.79 Å². The number of rotatable bonds is 6. The van der Waals surface area contributed by atoms with Gasteiger partial charge in [-0.25, -0.2) is 9.78 Å². The molecule has 1 aliphatic heterocycles. The predicted octanol–water partition coefficient (Wildman–Crippen LogP) is 4.67. The number of ether oxygens (including phenoxy) is 2. The summed E-state index contributed by atoms with van der Waals surface area (Å²) in [5.74, 6) is 2.17. The van der Waals surface area contributed by atoms with E-state index in [0.717, 1.165) is 49.3 Å². The van der Waals surface area contributed by atoms with E-state index in [1.54, 1.807) is 20.4 Å². The van der Waals surface area contributed by atoms with Gasteiger partial charge in [0.05, 0.1) is 20.4 Å². The van der Waals surface area contributed by atoms with Crippen LogP contribution in [-0.4, -0.2) is 55.8 Å². The number of carbonyl (C=O) groups excluding carboxylic acids is 1. The van der Waals surface area contributed by atoms with Crippen molar-refractivity contribution < 1.29 is 18.7 Å². The van der Waals surface area contributed by atoms with Gasteiger partial charge in [-0.1, -0.05) is 18.2 Å². The number of urea groups is 1. The van der Waals surface area contributed by atoms with Gasteiger partial charge in [0.15, 0.2) is 23.7 Å². The van der Waals surface area contributed by atoms with Crippen LogP contribution in [0.15, 0.2) is 59.5 Å². The van der Waals surface area contributed by atoms with Gasteiger partial charge in [0, 0.05) is 28.7 Å². The van der Waals surface area contributed by atoms with Gasteiger partial charge in [0.25, 0.3) is 0 Å². The van der Waals surface area contributed by atoms with Crippen LogP contribution in [0.25, 0.3) is 11.3 Å². The highest BCUT2D eigenvalue weighted by molar-refractivity contribution is 5.90. The fourth-order valence-corrected chi connectivity index (χ4v) is 5.86. The standard InChI is InChI=1S/C27H32N4O4/c1-31-12-11-27(19-7-8-22(33-2)23(14-19)34-3)10-9-21(15-25(27)31)30-26(32)29-20-6-4-5-18(13-20)24-16-28-17-35-24/h4-8,13-14,16-17,21,25H,9-12,15H2,1-3H3,(H2,29,30,32)/t21-,25+,27+/m1/s1. The van der Waals surface area contributed by atoms with Gasteiger partial charge in [0.1, 0.15) is 0 Å². The number of oxazole rings is 1. The largest absolute Gasteiger partial charge is 0.493 e. The van der Waals surface area contributed by atoms with E-state index in [1.165, 1.54) is 12.0 Å². The van der Waals surface area contributed by atoms with E-state index in [1.807, 2.05) is 30.3 Å². The summed E-state index contributed by atoms with van der Waals surface area (Å²) < 4.78 is 16.4. The first-order valence-corrected chi connectivity index (χ1v) is 12.0. The number of carbonyl (C=O) groups is 1. The van der Waals surface area contributed by atoms with Crippen molar-refractivity contribution in [3.05, 3.63) is 60.6 Å². The van der Waals surface area contributed by atoms with Crippen LogP contribution in [0, 0.1) is 0 Å². The summed E-state index contributed by atoms with van der Waals surface area (Å²) in [6.07, 6.45) is 6.97. The molecule has 3 aromatic rings. The van der Waals surface area contributed by atoms with Gasteiger partial charge in [-0.15, -0.1) is 0 Å². The van der Waals surface area contributed by atoms with Gasteiger partial charge in [-0.3, -0.25) is 0 Å². The summed E-state index contributed by atoms with van der Waals surface area (Å²) >= 11 is 0. The molecule has 8 nitrogen and oxygen atoms in total. The average Bonchev–Trinajstić information content (AvgIpc) is 3.53. The van der Waals surface area contributed by atoms with E-state index >= 15 is 0 Å². The zero-order valence-corrected chi connectivity index (χ0v) is 20.4. The van der Waals surface area contributed by atoms with Crippen LogP contribution in [0.2, 0.25) is 0 Å². The third-order valence-corrected chi connectivity index (χ3v) is 7.66. The van der Waals surface area contributed by atoms with E-state index in [-0.39, 0.29) is 17.5 Å². The van der Waals surface area contributed by atoms with Crippen molar-refractivity contribution in [1.82, 2.24) is 15.2 Å². The van der Waals surface area contributed by atoms with Gasteiger partial charge in [0.2, 0.25) is 0 Å². The molecule has 2 N–H and O–H groups in total. The molecule has 3 atom stereocenters. The molecule has 0 unspecified atom stereocenters. The Kier molecular flexibility index (Phi) is 6.38. The molecule has 0 bridgehead atoms. The molecule has 184 valence electrons. The molecule has 1 aliphatic carbocycles. The van der Waals surface area contributed by atoms with Crippen LogP contribution < -0.4 is 20.1 Å². The van der Waals surface area contributed by atoms with Crippen molar-refractivity contribution in [2.75, 3.05) is 33.1 Å². The van der Waals surface area contributed by atoms with E-state index in [2.05, 4.69) is 39.7 Å². The molecule has 5 rings (SSSR count). The van der Waals surface area contributed by atoms with Crippen molar-refractivity contribution in [3.8, 4) is 22.8 Å². The highest BCUT2D eigenvalue weighted by atomic mass is 16.5. The lowest BCUT2D eigenvalue weighted by atomic mass is 9.65. The lowest BCUT2D eigenvalue weighted by Crippen LogP contribution is -2.52. The number of anilines is 1. The quantitative estimate of drug-likeness (QED) is 0.537. The highest BCUT2D eigenvalue weighted by Crippen LogP contribution is 2.49. The zero-order chi connectivity index (χ0) is 24.4. The Bertz CT molecular complexity index is 1180. The number of benzene rings is 2. The normalized spacial score (nSPS) is 24.0. The SMILES string of the molecule is COc1ccc([C@@]23CC[C@@H](NC(=O)Nc4cccc(-c5cnco5)c4)C[C@@H]2N(C)CC3)cc1OC. The summed E-state index contributed by atoms with van der Waals surface area (Å²) in [5, 5.41) is 6.18. The lowest BCUT2D eigenvalue weighted by Gasteiger charge is -2.45. The number of nitrogens with zero attached hydrogens (tertiary/aromatic N) is 2. The number of likely N-dealkylation sites (N-methyl/N-ethyl adjacent to an activating group) is 1. The first kappa shape index (κ1) is 23.2. The molecule has 2 amide bonds. The van der Waals surface area contributed by atoms with E-state index < -0.39 is 0 Å².